The lowest BCUT2D eigenvalue weighted by Crippen LogP contribution is -2.42. The molecule has 1 saturated carbocycles. The number of benzene rings is 1. The summed E-state index contributed by atoms with van der Waals surface area (Å²) in [5.41, 5.74) is 2.57. The van der Waals surface area contributed by atoms with Gasteiger partial charge in [0.25, 0.3) is 0 Å². The topological polar surface area (TPSA) is 91.2 Å². The Morgan fingerprint density at radius 2 is 1.94 bits per heavy atom. The fourth-order valence-electron chi connectivity index (χ4n) is 5.21. The van der Waals surface area contributed by atoms with Crippen molar-refractivity contribution in [3.05, 3.63) is 41.6 Å². The van der Waals surface area contributed by atoms with Crippen molar-refractivity contribution in [2.24, 2.45) is 5.41 Å². The SMILES string of the molecule is COC[C@H](C)NC1CCC(Nc2cc(-c3cccc(NCC4(C#N)CCOCC4)c3)c(Cl)cn2)CC1. The first-order valence-corrected chi connectivity index (χ1v) is 13.4. The molecule has 2 aliphatic rings. The first-order valence-electron chi connectivity index (χ1n) is 13.0. The van der Waals surface area contributed by atoms with E-state index in [1.807, 2.05) is 18.2 Å². The van der Waals surface area contributed by atoms with Crippen LogP contribution in [-0.2, 0) is 9.47 Å². The Hall–Kier alpha value is -2.37. The van der Waals surface area contributed by atoms with Crippen LogP contribution >= 0.6 is 11.6 Å². The maximum atomic E-state index is 9.74. The number of pyridine rings is 1. The summed E-state index contributed by atoms with van der Waals surface area (Å²) in [5, 5.41) is 21.1. The zero-order valence-electron chi connectivity index (χ0n) is 21.4. The van der Waals surface area contributed by atoms with Gasteiger partial charge in [-0.25, -0.2) is 4.98 Å². The van der Waals surface area contributed by atoms with E-state index in [1.54, 1.807) is 13.3 Å². The molecule has 36 heavy (non-hydrogen) atoms. The molecule has 3 N–H and O–H groups in total. The van der Waals surface area contributed by atoms with Crippen molar-refractivity contribution in [3.8, 4) is 17.2 Å². The van der Waals surface area contributed by atoms with Crippen LogP contribution in [-0.4, -0.2) is 56.6 Å². The zero-order chi connectivity index (χ0) is 25.4. The van der Waals surface area contributed by atoms with Crippen molar-refractivity contribution in [3.63, 3.8) is 0 Å². The van der Waals surface area contributed by atoms with E-state index in [0.717, 1.165) is 67.8 Å². The quantitative estimate of drug-likeness (QED) is 0.389. The summed E-state index contributed by atoms with van der Waals surface area (Å²) in [4.78, 5) is 4.55. The molecular weight excluding hydrogens is 474 g/mol. The molecule has 8 heteroatoms. The van der Waals surface area contributed by atoms with Gasteiger partial charge in [-0.05, 0) is 69.2 Å². The first-order chi connectivity index (χ1) is 17.5. The average Bonchev–Trinajstić information content (AvgIpc) is 2.90. The Labute approximate surface area is 219 Å². The average molecular weight is 512 g/mol. The van der Waals surface area contributed by atoms with Crippen LogP contribution in [0.3, 0.4) is 0 Å². The summed E-state index contributed by atoms with van der Waals surface area (Å²) >= 11 is 6.58. The normalized spacial score (nSPS) is 22.4. The van der Waals surface area contributed by atoms with E-state index >= 15 is 0 Å². The second-order valence-electron chi connectivity index (χ2n) is 10.2. The van der Waals surface area contributed by atoms with Gasteiger partial charge in [0, 0.05) is 62.4 Å². The number of aromatic nitrogens is 1. The molecule has 0 radical (unpaired) electrons. The third kappa shape index (κ3) is 7.10. The molecular formula is C28H38ClN5O2. The summed E-state index contributed by atoms with van der Waals surface area (Å²) in [6.07, 6.45) is 7.71. The molecule has 1 aromatic carbocycles. The highest BCUT2D eigenvalue weighted by Crippen LogP contribution is 2.33. The number of hydrogen-bond donors (Lipinski definition) is 3. The zero-order valence-corrected chi connectivity index (χ0v) is 22.1. The number of methoxy groups -OCH3 is 1. The maximum absolute atomic E-state index is 9.74. The highest BCUT2D eigenvalue weighted by molar-refractivity contribution is 6.33. The maximum Gasteiger partial charge on any atom is 0.126 e. The Morgan fingerprint density at radius 1 is 1.19 bits per heavy atom. The third-order valence-electron chi connectivity index (χ3n) is 7.36. The van der Waals surface area contributed by atoms with E-state index in [4.69, 9.17) is 21.1 Å². The van der Waals surface area contributed by atoms with Crippen molar-refractivity contribution in [1.82, 2.24) is 10.3 Å². The van der Waals surface area contributed by atoms with Gasteiger partial charge in [0.1, 0.15) is 5.82 Å². The van der Waals surface area contributed by atoms with Crippen LogP contribution < -0.4 is 16.0 Å². The number of hydrogen-bond acceptors (Lipinski definition) is 7. The Balaban J connectivity index is 1.37. The van der Waals surface area contributed by atoms with E-state index < -0.39 is 0 Å². The first kappa shape index (κ1) is 26.7. The van der Waals surface area contributed by atoms with Crippen molar-refractivity contribution in [1.29, 1.82) is 5.26 Å². The van der Waals surface area contributed by atoms with Crippen LogP contribution in [0, 0.1) is 16.7 Å². The summed E-state index contributed by atoms with van der Waals surface area (Å²) in [5.74, 6) is 0.850. The molecule has 0 bridgehead atoms. The van der Waals surface area contributed by atoms with E-state index in [9.17, 15) is 5.26 Å². The van der Waals surface area contributed by atoms with Crippen molar-refractivity contribution >= 4 is 23.1 Å². The smallest absolute Gasteiger partial charge is 0.126 e. The molecule has 1 aromatic heterocycles. The Bertz CT molecular complexity index is 1030. The standard InChI is InChI=1S/C28H38ClN5O2/c1-20(17-35-2)33-22-6-8-23(9-7-22)34-27-15-25(26(29)16-31-27)21-4-3-5-24(14-21)32-19-28(18-30)10-12-36-13-11-28/h3-5,14-16,20,22-23,32-33H,6-13,17,19H2,1-2H3,(H,31,34)/t20-,22?,23?/m0/s1. The van der Waals surface area contributed by atoms with Gasteiger partial charge >= 0.3 is 0 Å². The molecule has 4 rings (SSSR count). The highest BCUT2D eigenvalue weighted by Gasteiger charge is 2.32. The minimum Gasteiger partial charge on any atom is -0.383 e. The van der Waals surface area contributed by atoms with Gasteiger partial charge in [-0.3, -0.25) is 0 Å². The third-order valence-corrected chi connectivity index (χ3v) is 7.66. The number of nitriles is 1. The van der Waals surface area contributed by atoms with Crippen LogP contribution in [0.5, 0.6) is 0 Å². The summed E-state index contributed by atoms with van der Waals surface area (Å²) in [6, 6.07) is 14.1. The van der Waals surface area contributed by atoms with E-state index in [2.05, 4.69) is 46.1 Å². The number of nitrogens with zero attached hydrogens (tertiary/aromatic N) is 2. The highest BCUT2D eigenvalue weighted by atomic mass is 35.5. The number of rotatable bonds is 10. The molecule has 1 aliphatic carbocycles. The number of halogens is 1. The fourth-order valence-corrected chi connectivity index (χ4v) is 5.42. The number of nitrogens with one attached hydrogen (secondary N) is 3. The van der Waals surface area contributed by atoms with Crippen LogP contribution in [0.1, 0.15) is 45.4 Å². The summed E-state index contributed by atoms with van der Waals surface area (Å²) in [7, 11) is 1.75. The minimum absolute atomic E-state index is 0.373. The van der Waals surface area contributed by atoms with Gasteiger partial charge in [0.2, 0.25) is 0 Å². The van der Waals surface area contributed by atoms with Gasteiger partial charge in [0.05, 0.1) is 23.1 Å². The lowest BCUT2D eigenvalue weighted by atomic mass is 9.81. The van der Waals surface area contributed by atoms with Crippen molar-refractivity contribution < 1.29 is 9.47 Å². The molecule has 0 spiro atoms. The fraction of sp³-hybridized carbons (Fsp3) is 0.571. The minimum atomic E-state index is -0.379. The Kier molecular flexibility index (Phi) is 9.44. The monoisotopic (exact) mass is 511 g/mol. The van der Waals surface area contributed by atoms with Crippen LogP contribution in [0.15, 0.2) is 36.5 Å². The Morgan fingerprint density at radius 3 is 2.67 bits per heavy atom. The van der Waals surface area contributed by atoms with E-state index in [-0.39, 0.29) is 5.41 Å². The molecule has 1 aliphatic heterocycles. The number of anilines is 2. The molecule has 0 unspecified atom stereocenters. The molecule has 2 aromatic rings. The second kappa shape index (κ2) is 12.7. The molecule has 2 heterocycles. The number of ether oxygens (including phenoxy) is 2. The van der Waals surface area contributed by atoms with Crippen molar-refractivity contribution in [2.45, 2.75) is 63.6 Å². The molecule has 0 amide bonds. The molecule has 1 saturated heterocycles. The van der Waals surface area contributed by atoms with Gasteiger partial charge in [0.15, 0.2) is 0 Å². The van der Waals surface area contributed by atoms with Gasteiger partial charge < -0.3 is 25.4 Å². The van der Waals surface area contributed by atoms with Gasteiger partial charge in [-0.2, -0.15) is 5.26 Å². The second-order valence-corrected chi connectivity index (χ2v) is 10.6. The predicted octanol–water partition coefficient (Wildman–Crippen LogP) is 5.48. The molecule has 194 valence electrons. The van der Waals surface area contributed by atoms with Crippen LogP contribution in [0.2, 0.25) is 5.02 Å². The van der Waals surface area contributed by atoms with E-state index in [1.165, 1.54) is 0 Å². The van der Waals surface area contributed by atoms with Crippen LogP contribution in [0.25, 0.3) is 11.1 Å². The largest absolute Gasteiger partial charge is 0.383 e. The van der Waals surface area contributed by atoms with Gasteiger partial charge in [-0.1, -0.05) is 23.7 Å². The van der Waals surface area contributed by atoms with Crippen LogP contribution in [0.4, 0.5) is 11.5 Å². The lowest BCUT2D eigenvalue weighted by molar-refractivity contribution is 0.0456. The van der Waals surface area contributed by atoms with Crippen molar-refractivity contribution in [2.75, 3.05) is 44.1 Å². The molecule has 2 fully saturated rings. The summed E-state index contributed by atoms with van der Waals surface area (Å²) in [6.45, 7) is 4.80. The molecule has 7 nitrogen and oxygen atoms in total. The molecule has 1 atom stereocenters. The van der Waals surface area contributed by atoms with E-state index in [0.29, 0.717) is 42.9 Å². The summed E-state index contributed by atoms with van der Waals surface area (Å²) < 4.78 is 10.7. The predicted molar refractivity (Wildman–Crippen MR) is 145 cm³/mol. The lowest BCUT2D eigenvalue weighted by Gasteiger charge is -2.32. The van der Waals surface area contributed by atoms with Gasteiger partial charge in [-0.15, -0.1) is 0 Å².